The molecule has 0 atom stereocenters. The third kappa shape index (κ3) is 4.02. The molecular formula is C16H16Cl2FNO. The molecule has 0 radical (unpaired) electrons. The fraction of sp³-hybridized carbons (Fsp3) is 0.250. The Morgan fingerprint density at radius 2 is 2.05 bits per heavy atom. The van der Waals surface area contributed by atoms with Gasteiger partial charge in [-0.05, 0) is 37.3 Å². The van der Waals surface area contributed by atoms with Crippen LogP contribution < -0.4 is 10.1 Å². The highest BCUT2D eigenvalue weighted by atomic mass is 35.5. The van der Waals surface area contributed by atoms with E-state index in [9.17, 15) is 4.39 Å². The maximum Gasteiger partial charge on any atom is 0.129 e. The van der Waals surface area contributed by atoms with Crippen molar-refractivity contribution < 1.29 is 9.13 Å². The molecule has 0 saturated heterocycles. The first kappa shape index (κ1) is 15.9. The summed E-state index contributed by atoms with van der Waals surface area (Å²) < 4.78 is 19.2. The summed E-state index contributed by atoms with van der Waals surface area (Å²) in [6.07, 6.45) is 0. The van der Waals surface area contributed by atoms with Crippen molar-refractivity contribution in [1.82, 2.24) is 0 Å². The molecule has 0 fully saturated rings. The van der Waals surface area contributed by atoms with E-state index in [0.29, 0.717) is 29.6 Å². The van der Waals surface area contributed by atoms with Crippen molar-refractivity contribution >= 4 is 28.9 Å². The van der Waals surface area contributed by atoms with Crippen molar-refractivity contribution in [3.05, 3.63) is 58.4 Å². The van der Waals surface area contributed by atoms with Gasteiger partial charge in [0.2, 0.25) is 0 Å². The number of halogens is 3. The minimum atomic E-state index is -0.321. The van der Waals surface area contributed by atoms with Gasteiger partial charge in [0.25, 0.3) is 0 Å². The minimum absolute atomic E-state index is 0.307. The molecule has 1 N–H and O–H groups in total. The molecule has 2 rings (SSSR count). The summed E-state index contributed by atoms with van der Waals surface area (Å²) in [6, 6.07) is 10.3. The summed E-state index contributed by atoms with van der Waals surface area (Å²) in [7, 11) is 0. The van der Waals surface area contributed by atoms with Crippen LogP contribution in [0.3, 0.4) is 0 Å². The van der Waals surface area contributed by atoms with Gasteiger partial charge in [-0.2, -0.15) is 0 Å². The average molecular weight is 328 g/mol. The summed E-state index contributed by atoms with van der Waals surface area (Å²) in [5.41, 5.74) is 2.18. The topological polar surface area (TPSA) is 21.3 Å². The number of hydrogen-bond acceptors (Lipinski definition) is 2. The number of anilines is 1. The molecule has 0 aromatic heterocycles. The fourth-order valence-corrected chi connectivity index (χ4v) is 2.42. The second-order valence-corrected chi connectivity index (χ2v) is 5.12. The van der Waals surface area contributed by atoms with E-state index >= 15 is 0 Å². The van der Waals surface area contributed by atoms with Gasteiger partial charge in [0.05, 0.1) is 12.5 Å². The van der Waals surface area contributed by atoms with Crippen LogP contribution in [0.4, 0.5) is 10.1 Å². The molecule has 0 aliphatic rings. The smallest absolute Gasteiger partial charge is 0.129 e. The van der Waals surface area contributed by atoms with Crippen molar-refractivity contribution in [2.45, 2.75) is 19.3 Å². The van der Waals surface area contributed by atoms with Gasteiger partial charge in [0, 0.05) is 28.4 Å². The predicted octanol–water partition coefficient (Wildman–Crippen LogP) is 5.23. The summed E-state index contributed by atoms with van der Waals surface area (Å²) in [4.78, 5) is 0. The molecule has 0 aliphatic carbocycles. The maximum atomic E-state index is 13.7. The Labute approximate surface area is 133 Å². The zero-order valence-electron chi connectivity index (χ0n) is 11.6. The second kappa shape index (κ2) is 7.53. The second-order valence-electron chi connectivity index (χ2n) is 4.44. The summed E-state index contributed by atoms with van der Waals surface area (Å²) >= 11 is 11.9. The van der Waals surface area contributed by atoms with Gasteiger partial charge < -0.3 is 10.1 Å². The number of benzene rings is 2. The number of hydrogen-bond donors (Lipinski definition) is 1. The van der Waals surface area contributed by atoms with Crippen LogP contribution in [0.15, 0.2) is 36.4 Å². The summed E-state index contributed by atoms with van der Waals surface area (Å²) in [6.45, 7) is 2.81. The van der Waals surface area contributed by atoms with Gasteiger partial charge in [0.1, 0.15) is 11.6 Å². The van der Waals surface area contributed by atoms with E-state index in [1.165, 1.54) is 6.07 Å². The van der Waals surface area contributed by atoms with Crippen LogP contribution in [0.5, 0.6) is 5.75 Å². The molecule has 0 bridgehead atoms. The molecule has 2 aromatic rings. The number of ether oxygens (including phenoxy) is 1. The van der Waals surface area contributed by atoms with Gasteiger partial charge in [-0.3, -0.25) is 0 Å². The molecule has 21 heavy (non-hydrogen) atoms. The average Bonchev–Trinajstić information content (AvgIpc) is 2.48. The van der Waals surface area contributed by atoms with Gasteiger partial charge in [-0.15, -0.1) is 11.6 Å². The van der Waals surface area contributed by atoms with Crippen molar-refractivity contribution in [2.24, 2.45) is 0 Å². The molecule has 0 spiro atoms. The van der Waals surface area contributed by atoms with E-state index in [4.69, 9.17) is 27.9 Å². The first-order valence-corrected chi connectivity index (χ1v) is 7.55. The summed E-state index contributed by atoms with van der Waals surface area (Å²) in [5.74, 6) is 0.797. The van der Waals surface area contributed by atoms with Crippen molar-refractivity contribution in [3.8, 4) is 5.75 Å². The Hall–Kier alpha value is -1.45. The van der Waals surface area contributed by atoms with Gasteiger partial charge in [0.15, 0.2) is 0 Å². The normalized spacial score (nSPS) is 10.5. The lowest BCUT2D eigenvalue weighted by Crippen LogP contribution is -2.03. The number of nitrogens with one attached hydrogen (secondary N) is 1. The largest absolute Gasteiger partial charge is 0.494 e. The molecule has 2 nitrogen and oxygen atoms in total. The molecule has 0 aliphatic heterocycles. The Bertz CT molecular complexity index is 599. The molecule has 2 aromatic carbocycles. The van der Waals surface area contributed by atoms with Gasteiger partial charge in [-0.1, -0.05) is 17.7 Å². The highest BCUT2D eigenvalue weighted by molar-refractivity contribution is 6.31. The van der Waals surface area contributed by atoms with Crippen molar-refractivity contribution in [3.63, 3.8) is 0 Å². The standard InChI is InChI=1S/C16H16Cl2FNO/c1-2-21-16-7-6-12(8-11(16)9-17)20-10-13-14(18)4-3-5-15(13)19/h3-8,20H,2,9-10H2,1H3. The van der Waals surface area contributed by atoms with Gasteiger partial charge in [-0.25, -0.2) is 4.39 Å². The van der Waals surface area contributed by atoms with Crippen LogP contribution in [0.2, 0.25) is 5.02 Å². The van der Waals surface area contributed by atoms with Crippen LogP contribution in [0.25, 0.3) is 0 Å². The molecule has 0 amide bonds. The Morgan fingerprint density at radius 1 is 1.24 bits per heavy atom. The SMILES string of the molecule is CCOc1ccc(NCc2c(F)cccc2Cl)cc1CCl. The van der Waals surface area contributed by atoms with Crippen LogP contribution in [0.1, 0.15) is 18.1 Å². The van der Waals surface area contributed by atoms with Crippen molar-refractivity contribution in [2.75, 3.05) is 11.9 Å². The fourth-order valence-electron chi connectivity index (χ4n) is 1.98. The lowest BCUT2D eigenvalue weighted by Gasteiger charge is -2.13. The molecular weight excluding hydrogens is 312 g/mol. The Morgan fingerprint density at radius 3 is 2.71 bits per heavy atom. The highest BCUT2D eigenvalue weighted by Gasteiger charge is 2.08. The Balaban J connectivity index is 2.13. The molecule has 0 heterocycles. The molecule has 0 unspecified atom stereocenters. The first-order valence-electron chi connectivity index (χ1n) is 6.64. The van der Waals surface area contributed by atoms with Crippen molar-refractivity contribution in [1.29, 1.82) is 0 Å². The monoisotopic (exact) mass is 327 g/mol. The maximum absolute atomic E-state index is 13.7. The van der Waals surface area contributed by atoms with E-state index < -0.39 is 0 Å². The van der Waals surface area contributed by atoms with Crippen LogP contribution >= 0.6 is 23.2 Å². The van der Waals surface area contributed by atoms with Crippen LogP contribution in [0, 0.1) is 5.82 Å². The van der Waals surface area contributed by atoms with E-state index in [0.717, 1.165) is 17.0 Å². The lowest BCUT2D eigenvalue weighted by atomic mass is 10.1. The first-order chi connectivity index (χ1) is 10.2. The predicted molar refractivity (Wildman–Crippen MR) is 85.9 cm³/mol. The number of rotatable bonds is 6. The molecule has 0 saturated carbocycles. The zero-order valence-corrected chi connectivity index (χ0v) is 13.1. The minimum Gasteiger partial charge on any atom is -0.494 e. The van der Waals surface area contributed by atoms with E-state index in [-0.39, 0.29) is 5.82 Å². The lowest BCUT2D eigenvalue weighted by molar-refractivity contribution is 0.337. The van der Waals surface area contributed by atoms with Gasteiger partial charge >= 0.3 is 0 Å². The quantitative estimate of drug-likeness (QED) is 0.733. The molecule has 112 valence electrons. The highest BCUT2D eigenvalue weighted by Crippen LogP contribution is 2.26. The molecule has 5 heteroatoms. The third-order valence-electron chi connectivity index (χ3n) is 3.04. The third-order valence-corrected chi connectivity index (χ3v) is 3.68. The summed E-state index contributed by atoms with van der Waals surface area (Å²) in [5, 5.41) is 3.56. The Kier molecular flexibility index (Phi) is 5.71. The van der Waals surface area contributed by atoms with E-state index in [1.807, 2.05) is 25.1 Å². The zero-order chi connectivity index (χ0) is 15.2. The number of alkyl halides is 1. The van der Waals surface area contributed by atoms with E-state index in [2.05, 4.69) is 5.32 Å². The van der Waals surface area contributed by atoms with Crippen LogP contribution in [-0.4, -0.2) is 6.61 Å². The van der Waals surface area contributed by atoms with Crippen LogP contribution in [-0.2, 0) is 12.4 Å². The van der Waals surface area contributed by atoms with E-state index in [1.54, 1.807) is 12.1 Å².